The van der Waals surface area contributed by atoms with Crippen LogP contribution in [-0.2, 0) is 9.53 Å². The van der Waals surface area contributed by atoms with Crippen molar-refractivity contribution < 1.29 is 14.5 Å². The maximum atomic E-state index is 11.3. The number of methoxy groups -OCH3 is 1. The van der Waals surface area contributed by atoms with E-state index in [0.29, 0.717) is 19.7 Å². The summed E-state index contributed by atoms with van der Waals surface area (Å²) in [4.78, 5) is 28.6. The van der Waals surface area contributed by atoms with Crippen molar-refractivity contribution in [2.45, 2.75) is 6.42 Å². The molecule has 1 rings (SSSR count). The lowest BCUT2D eigenvalue weighted by molar-refractivity contribution is -0.385. The monoisotopic (exact) mass is 269 g/mol. The topological polar surface area (TPSA) is 119 Å². The zero-order chi connectivity index (χ0) is 14.1. The molecule has 9 nitrogen and oxygen atoms in total. The molecule has 0 bridgehead atoms. The van der Waals surface area contributed by atoms with Gasteiger partial charge in [0.2, 0.25) is 11.9 Å². The van der Waals surface area contributed by atoms with Crippen molar-refractivity contribution in [3.05, 3.63) is 22.5 Å². The number of hydrogen-bond acceptors (Lipinski definition) is 7. The molecule has 0 unspecified atom stereocenters. The van der Waals surface area contributed by atoms with Gasteiger partial charge in [0, 0.05) is 26.6 Å². The van der Waals surface area contributed by atoms with E-state index in [9.17, 15) is 14.9 Å². The van der Waals surface area contributed by atoms with E-state index in [1.54, 1.807) is 7.11 Å². The Kier molecular flexibility index (Phi) is 6.16. The Morgan fingerprint density at radius 3 is 2.68 bits per heavy atom. The van der Waals surface area contributed by atoms with Gasteiger partial charge in [-0.3, -0.25) is 14.9 Å². The molecule has 2 N–H and O–H groups in total. The average molecular weight is 269 g/mol. The summed E-state index contributed by atoms with van der Waals surface area (Å²) in [5.74, 6) is 0.127. The van der Waals surface area contributed by atoms with E-state index in [1.807, 2.05) is 0 Å². The number of carbonyl (C=O) groups is 1. The number of amides is 1. The van der Waals surface area contributed by atoms with Crippen LogP contribution in [0.3, 0.4) is 0 Å². The SMILES string of the molecule is COCCNC(=O)CCNc1ncc([N+](=O)[O-])cn1. The fourth-order valence-electron chi connectivity index (χ4n) is 1.18. The molecule has 0 saturated carbocycles. The van der Waals surface area contributed by atoms with Crippen LogP contribution in [0.25, 0.3) is 0 Å². The fourth-order valence-corrected chi connectivity index (χ4v) is 1.18. The Morgan fingerprint density at radius 1 is 1.42 bits per heavy atom. The first kappa shape index (κ1) is 14.8. The number of ether oxygens (including phenoxy) is 1. The minimum atomic E-state index is -0.576. The van der Waals surface area contributed by atoms with Crippen LogP contribution in [-0.4, -0.2) is 47.6 Å². The van der Waals surface area contributed by atoms with Gasteiger partial charge in [0.25, 0.3) is 0 Å². The lowest BCUT2D eigenvalue weighted by Gasteiger charge is -2.05. The minimum absolute atomic E-state index is 0.119. The molecule has 1 aromatic heterocycles. The van der Waals surface area contributed by atoms with E-state index in [2.05, 4.69) is 20.6 Å². The van der Waals surface area contributed by atoms with Crippen molar-refractivity contribution in [1.82, 2.24) is 15.3 Å². The van der Waals surface area contributed by atoms with E-state index in [4.69, 9.17) is 4.74 Å². The summed E-state index contributed by atoms with van der Waals surface area (Å²) in [7, 11) is 1.56. The molecular weight excluding hydrogens is 254 g/mol. The Labute approximate surface area is 109 Å². The number of carbonyl (C=O) groups excluding carboxylic acids is 1. The Hall–Kier alpha value is -2.29. The third-order valence-corrected chi connectivity index (χ3v) is 2.11. The maximum absolute atomic E-state index is 11.3. The number of aromatic nitrogens is 2. The third kappa shape index (κ3) is 5.73. The van der Waals surface area contributed by atoms with Crippen LogP contribution < -0.4 is 10.6 Å². The first-order valence-corrected chi connectivity index (χ1v) is 5.59. The molecule has 0 aromatic carbocycles. The van der Waals surface area contributed by atoms with Gasteiger partial charge in [0.15, 0.2) is 0 Å². The van der Waals surface area contributed by atoms with Gasteiger partial charge in [-0.15, -0.1) is 0 Å². The lowest BCUT2D eigenvalue weighted by Crippen LogP contribution is -2.28. The quantitative estimate of drug-likeness (QED) is 0.385. The molecule has 0 aliphatic carbocycles. The molecule has 0 aliphatic rings. The summed E-state index contributed by atoms with van der Waals surface area (Å²) in [5, 5.41) is 15.8. The predicted molar refractivity (Wildman–Crippen MR) is 66.7 cm³/mol. The summed E-state index contributed by atoms with van der Waals surface area (Å²) in [5.41, 5.74) is -0.178. The summed E-state index contributed by atoms with van der Waals surface area (Å²) >= 11 is 0. The highest BCUT2D eigenvalue weighted by Gasteiger charge is 2.06. The fraction of sp³-hybridized carbons (Fsp3) is 0.500. The van der Waals surface area contributed by atoms with E-state index in [-0.39, 0.29) is 24.0 Å². The summed E-state index contributed by atoms with van der Waals surface area (Å²) in [6, 6.07) is 0. The van der Waals surface area contributed by atoms with E-state index in [0.717, 1.165) is 12.4 Å². The molecule has 1 amide bonds. The van der Waals surface area contributed by atoms with Crippen LogP contribution in [0.15, 0.2) is 12.4 Å². The Bertz CT molecular complexity index is 422. The van der Waals surface area contributed by atoms with Crippen molar-refractivity contribution in [2.75, 3.05) is 32.1 Å². The normalized spacial score (nSPS) is 9.95. The highest BCUT2D eigenvalue weighted by molar-refractivity contribution is 5.76. The third-order valence-electron chi connectivity index (χ3n) is 2.11. The second-order valence-corrected chi connectivity index (χ2v) is 3.54. The van der Waals surface area contributed by atoms with Crippen molar-refractivity contribution in [1.29, 1.82) is 0 Å². The molecule has 0 saturated heterocycles. The number of anilines is 1. The van der Waals surface area contributed by atoms with Crippen LogP contribution in [0.1, 0.15) is 6.42 Å². The van der Waals surface area contributed by atoms with Gasteiger partial charge < -0.3 is 15.4 Å². The van der Waals surface area contributed by atoms with Crippen molar-refractivity contribution >= 4 is 17.5 Å². The summed E-state index contributed by atoms with van der Waals surface area (Å²) in [6.45, 7) is 1.27. The van der Waals surface area contributed by atoms with Gasteiger partial charge in [0.05, 0.1) is 11.5 Å². The van der Waals surface area contributed by atoms with Gasteiger partial charge >= 0.3 is 5.69 Å². The smallest absolute Gasteiger partial charge is 0.305 e. The maximum Gasteiger partial charge on any atom is 0.305 e. The minimum Gasteiger partial charge on any atom is -0.383 e. The number of nitro groups is 1. The molecule has 1 aromatic rings. The van der Waals surface area contributed by atoms with Crippen LogP contribution in [0.4, 0.5) is 11.6 Å². The highest BCUT2D eigenvalue weighted by atomic mass is 16.6. The molecule has 1 heterocycles. The van der Waals surface area contributed by atoms with Crippen LogP contribution in [0.2, 0.25) is 0 Å². The number of nitrogens with zero attached hydrogens (tertiary/aromatic N) is 3. The molecule has 9 heteroatoms. The molecule has 0 fully saturated rings. The summed E-state index contributed by atoms with van der Waals surface area (Å²) in [6.07, 6.45) is 2.46. The van der Waals surface area contributed by atoms with E-state index >= 15 is 0 Å². The first-order valence-electron chi connectivity index (χ1n) is 5.59. The van der Waals surface area contributed by atoms with Gasteiger partial charge in [-0.25, -0.2) is 9.97 Å². The molecule has 19 heavy (non-hydrogen) atoms. The second kappa shape index (κ2) is 7.93. The molecule has 104 valence electrons. The molecule has 0 spiro atoms. The molecule has 0 atom stereocenters. The second-order valence-electron chi connectivity index (χ2n) is 3.54. The Balaban J connectivity index is 2.25. The number of rotatable bonds is 8. The molecule has 0 radical (unpaired) electrons. The zero-order valence-electron chi connectivity index (χ0n) is 10.5. The van der Waals surface area contributed by atoms with Gasteiger partial charge in [-0.1, -0.05) is 0 Å². The van der Waals surface area contributed by atoms with Gasteiger partial charge in [0.1, 0.15) is 12.4 Å². The largest absolute Gasteiger partial charge is 0.383 e. The van der Waals surface area contributed by atoms with Crippen molar-refractivity contribution in [2.24, 2.45) is 0 Å². The Morgan fingerprint density at radius 2 is 2.11 bits per heavy atom. The van der Waals surface area contributed by atoms with E-state index < -0.39 is 4.92 Å². The van der Waals surface area contributed by atoms with Crippen LogP contribution in [0.5, 0.6) is 0 Å². The number of hydrogen-bond donors (Lipinski definition) is 2. The van der Waals surface area contributed by atoms with Gasteiger partial charge in [-0.05, 0) is 0 Å². The first-order chi connectivity index (χ1) is 9.13. The predicted octanol–water partition coefficient (Wildman–Crippen LogP) is -0.0506. The zero-order valence-corrected chi connectivity index (χ0v) is 10.5. The van der Waals surface area contributed by atoms with Gasteiger partial charge in [-0.2, -0.15) is 0 Å². The van der Waals surface area contributed by atoms with Crippen molar-refractivity contribution in [3.63, 3.8) is 0 Å². The highest BCUT2D eigenvalue weighted by Crippen LogP contribution is 2.07. The standard InChI is InChI=1S/C10H15N5O4/c1-19-5-4-11-9(16)2-3-12-10-13-6-8(7-14-10)15(17)18/h6-7H,2-5H2,1H3,(H,11,16)(H,12,13,14). The van der Waals surface area contributed by atoms with Crippen LogP contribution in [0, 0.1) is 10.1 Å². The van der Waals surface area contributed by atoms with E-state index in [1.165, 1.54) is 0 Å². The number of nitrogens with one attached hydrogen (secondary N) is 2. The molecule has 0 aliphatic heterocycles. The average Bonchev–Trinajstić information content (AvgIpc) is 2.39. The lowest BCUT2D eigenvalue weighted by atomic mass is 10.4. The summed E-state index contributed by atoms with van der Waals surface area (Å²) < 4.78 is 4.79. The van der Waals surface area contributed by atoms with Crippen molar-refractivity contribution in [3.8, 4) is 0 Å². The molecular formula is C10H15N5O4. The van der Waals surface area contributed by atoms with Crippen LogP contribution >= 0.6 is 0 Å².